The topological polar surface area (TPSA) is 42.8 Å². The van der Waals surface area contributed by atoms with E-state index in [9.17, 15) is 0 Å². The summed E-state index contributed by atoms with van der Waals surface area (Å²) in [7, 11) is 0. The third kappa shape index (κ3) is 2.45. The van der Waals surface area contributed by atoms with Crippen molar-refractivity contribution in [3.63, 3.8) is 0 Å². The fourth-order valence-electron chi connectivity index (χ4n) is 1.98. The number of hydrogen-bond donors (Lipinski definition) is 1. The Hall–Kier alpha value is -2.68. The van der Waals surface area contributed by atoms with Crippen molar-refractivity contribution in [3.05, 3.63) is 73.3 Å². The van der Waals surface area contributed by atoms with Crippen molar-refractivity contribution in [2.45, 2.75) is 0 Å². The average molecular weight is 248 g/mol. The van der Waals surface area contributed by atoms with Crippen molar-refractivity contribution in [1.29, 1.82) is 0 Å². The molecule has 19 heavy (non-hydrogen) atoms. The van der Waals surface area contributed by atoms with Crippen molar-refractivity contribution < 1.29 is 4.57 Å². The quantitative estimate of drug-likeness (QED) is 0.559. The van der Waals surface area contributed by atoms with Gasteiger partial charge in [-0.15, -0.1) is 0 Å². The molecule has 0 spiro atoms. The number of benzene rings is 1. The second-order valence-corrected chi connectivity index (χ2v) is 4.32. The van der Waals surface area contributed by atoms with Crippen molar-refractivity contribution in [3.8, 4) is 16.8 Å². The highest BCUT2D eigenvalue weighted by atomic mass is 14.9. The van der Waals surface area contributed by atoms with Crippen LogP contribution in [0.1, 0.15) is 0 Å². The van der Waals surface area contributed by atoms with Gasteiger partial charge in [0.2, 0.25) is 5.69 Å². The average Bonchev–Trinajstić information content (AvgIpc) is 2.49. The second-order valence-electron chi connectivity index (χ2n) is 4.32. The maximum absolute atomic E-state index is 5.69. The molecule has 0 bridgehead atoms. The van der Waals surface area contributed by atoms with Crippen LogP contribution in [0.3, 0.4) is 0 Å². The fraction of sp³-hybridized carbons (Fsp3) is 0. The number of hydrogen-bond acceptors (Lipinski definition) is 2. The van der Waals surface area contributed by atoms with Gasteiger partial charge < -0.3 is 5.73 Å². The summed E-state index contributed by atoms with van der Waals surface area (Å²) in [4.78, 5) is 4.03. The van der Waals surface area contributed by atoms with Gasteiger partial charge in [0.1, 0.15) is 0 Å². The number of nitrogens with zero attached hydrogens (tertiary/aromatic N) is 2. The number of aromatic nitrogens is 2. The van der Waals surface area contributed by atoms with Crippen LogP contribution in [0.5, 0.6) is 0 Å². The zero-order chi connectivity index (χ0) is 13.1. The Kier molecular flexibility index (Phi) is 2.94. The van der Waals surface area contributed by atoms with Crippen molar-refractivity contribution in [2.75, 3.05) is 5.73 Å². The highest BCUT2D eigenvalue weighted by Crippen LogP contribution is 2.16. The molecule has 3 nitrogen and oxygen atoms in total. The van der Waals surface area contributed by atoms with E-state index in [1.54, 1.807) is 12.4 Å². The highest BCUT2D eigenvalue weighted by Gasteiger charge is 2.05. The second kappa shape index (κ2) is 4.90. The molecule has 1 aromatic carbocycles. The van der Waals surface area contributed by atoms with E-state index in [-0.39, 0.29) is 0 Å². The van der Waals surface area contributed by atoms with Gasteiger partial charge in [0.15, 0.2) is 12.4 Å². The summed E-state index contributed by atoms with van der Waals surface area (Å²) in [6.07, 6.45) is 7.69. The van der Waals surface area contributed by atoms with E-state index in [0.29, 0.717) is 0 Å². The lowest BCUT2D eigenvalue weighted by atomic mass is 10.1. The van der Waals surface area contributed by atoms with Gasteiger partial charge in [-0.1, -0.05) is 0 Å². The first-order chi connectivity index (χ1) is 9.33. The lowest BCUT2D eigenvalue weighted by Gasteiger charge is -2.00. The summed E-state index contributed by atoms with van der Waals surface area (Å²) in [6.45, 7) is 0. The molecule has 0 radical (unpaired) electrons. The molecule has 0 saturated carbocycles. The van der Waals surface area contributed by atoms with Gasteiger partial charge in [0.25, 0.3) is 0 Å². The van der Waals surface area contributed by atoms with Crippen LogP contribution >= 0.6 is 0 Å². The molecule has 0 atom stereocenters. The molecule has 2 N–H and O–H groups in total. The number of pyridine rings is 2. The van der Waals surface area contributed by atoms with E-state index >= 15 is 0 Å². The molecule has 0 aliphatic carbocycles. The third-order valence-corrected chi connectivity index (χ3v) is 3.03. The normalized spacial score (nSPS) is 10.3. The maximum atomic E-state index is 5.69. The van der Waals surface area contributed by atoms with Crippen LogP contribution in [0, 0.1) is 0 Å². The summed E-state index contributed by atoms with van der Waals surface area (Å²) >= 11 is 0. The molecular weight excluding hydrogens is 234 g/mol. The van der Waals surface area contributed by atoms with Crippen LogP contribution in [-0.4, -0.2) is 4.98 Å². The first-order valence-electron chi connectivity index (χ1n) is 6.10. The molecule has 2 heterocycles. The van der Waals surface area contributed by atoms with E-state index in [0.717, 1.165) is 11.4 Å². The van der Waals surface area contributed by atoms with E-state index in [1.165, 1.54) is 11.1 Å². The van der Waals surface area contributed by atoms with Crippen molar-refractivity contribution in [1.82, 2.24) is 4.98 Å². The largest absolute Gasteiger partial charge is 0.399 e. The lowest BCUT2D eigenvalue weighted by molar-refractivity contribution is -0.595. The molecule has 0 aliphatic heterocycles. The monoisotopic (exact) mass is 248 g/mol. The third-order valence-electron chi connectivity index (χ3n) is 3.03. The molecule has 3 rings (SSSR count). The Balaban J connectivity index is 1.93. The van der Waals surface area contributed by atoms with E-state index < -0.39 is 0 Å². The minimum Gasteiger partial charge on any atom is -0.399 e. The summed E-state index contributed by atoms with van der Waals surface area (Å²) in [5.41, 5.74) is 9.90. The van der Waals surface area contributed by atoms with E-state index in [4.69, 9.17) is 5.73 Å². The van der Waals surface area contributed by atoms with Gasteiger partial charge in [-0.3, -0.25) is 4.98 Å². The summed E-state index contributed by atoms with van der Waals surface area (Å²) in [5.74, 6) is 0. The van der Waals surface area contributed by atoms with Crippen molar-refractivity contribution in [2.24, 2.45) is 0 Å². The maximum Gasteiger partial charge on any atom is 0.210 e. The Labute approximate surface area is 112 Å². The van der Waals surface area contributed by atoms with Gasteiger partial charge in [0, 0.05) is 42.3 Å². The highest BCUT2D eigenvalue weighted by molar-refractivity contribution is 5.61. The van der Waals surface area contributed by atoms with Crippen LogP contribution in [0.4, 0.5) is 5.69 Å². The summed E-state index contributed by atoms with van der Waals surface area (Å²) in [6, 6.07) is 16.0. The fourth-order valence-corrected chi connectivity index (χ4v) is 1.98. The van der Waals surface area contributed by atoms with E-state index in [2.05, 4.69) is 21.7 Å². The molecule has 0 fully saturated rings. The number of nitrogen functional groups attached to an aromatic ring is 1. The van der Waals surface area contributed by atoms with Crippen LogP contribution in [0.15, 0.2) is 73.3 Å². The lowest BCUT2D eigenvalue weighted by Crippen LogP contribution is -2.28. The molecule has 0 amide bonds. The predicted molar refractivity (Wildman–Crippen MR) is 75.6 cm³/mol. The zero-order valence-electron chi connectivity index (χ0n) is 10.4. The molecule has 0 aliphatic rings. The van der Waals surface area contributed by atoms with Crippen LogP contribution in [0.2, 0.25) is 0 Å². The van der Waals surface area contributed by atoms with Gasteiger partial charge in [-0.05, 0) is 35.4 Å². The Morgan fingerprint density at radius 2 is 1.32 bits per heavy atom. The van der Waals surface area contributed by atoms with Crippen molar-refractivity contribution >= 4 is 5.69 Å². The van der Waals surface area contributed by atoms with Crippen LogP contribution in [0.25, 0.3) is 16.8 Å². The smallest absolute Gasteiger partial charge is 0.210 e. The predicted octanol–water partition coefficient (Wildman–Crippen LogP) is 2.61. The molecule has 92 valence electrons. The molecular formula is C16H14N3+. The van der Waals surface area contributed by atoms with Gasteiger partial charge in [-0.25, -0.2) is 0 Å². The van der Waals surface area contributed by atoms with Crippen LogP contribution in [-0.2, 0) is 0 Å². The molecule has 2 aromatic heterocycles. The standard InChI is InChI=1S/C16H14N3/c17-15-1-3-16(4-2-15)19-11-7-14(8-12-19)13-5-9-18-10-6-13/h1-12H,17H2/q+1. The Morgan fingerprint density at radius 3 is 1.95 bits per heavy atom. The molecule has 3 heteroatoms. The number of nitrogens with two attached hydrogens (primary N) is 1. The van der Waals surface area contributed by atoms with Gasteiger partial charge >= 0.3 is 0 Å². The van der Waals surface area contributed by atoms with Gasteiger partial charge in [-0.2, -0.15) is 4.57 Å². The first-order valence-corrected chi connectivity index (χ1v) is 6.10. The summed E-state index contributed by atoms with van der Waals surface area (Å²) in [5, 5.41) is 0. The number of rotatable bonds is 2. The van der Waals surface area contributed by atoms with Gasteiger partial charge in [0.05, 0.1) is 0 Å². The Bertz CT molecular complexity index is 659. The molecule has 0 saturated heterocycles. The zero-order valence-corrected chi connectivity index (χ0v) is 10.4. The summed E-state index contributed by atoms with van der Waals surface area (Å²) < 4.78 is 2.06. The van der Waals surface area contributed by atoms with E-state index in [1.807, 2.05) is 48.8 Å². The molecule has 0 unspecified atom stereocenters. The Morgan fingerprint density at radius 1 is 0.737 bits per heavy atom. The first kappa shape index (κ1) is 11.4. The SMILES string of the molecule is Nc1ccc(-[n+]2ccc(-c3ccncc3)cc2)cc1. The van der Waals surface area contributed by atoms with Crippen LogP contribution < -0.4 is 10.3 Å². The molecule has 3 aromatic rings. The minimum absolute atomic E-state index is 0.776. The minimum atomic E-state index is 0.776. The number of anilines is 1.